The van der Waals surface area contributed by atoms with Crippen molar-refractivity contribution in [1.82, 2.24) is 4.98 Å². The minimum Gasteiger partial charge on any atom is -0.288 e. The van der Waals surface area contributed by atoms with E-state index >= 15 is 0 Å². The molecule has 2 aromatic carbocycles. The molecule has 7 heteroatoms. The van der Waals surface area contributed by atoms with Crippen LogP contribution in [0.1, 0.15) is 12.5 Å². The molecule has 0 radical (unpaired) electrons. The summed E-state index contributed by atoms with van der Waals surface area (Å²) in [6, 6.07) is 9.78. The molecule has 3 rings (SSSR count). The summed E-state index contributed by atoms with van der Waals surface area (Å²) in [4.78, 5) is 18.6. The van der Waals surface area contributed by atoms with E-state index in [1.54, 1.807) is 18.2 Å². The Kier molecular flexibility index (Phi) is 5.04. The first kappa shape index (κ1) is 17.1. The van der Waals surface area contributed by atoms with Crippen molar-refractivity contribution in [2.45, 2.75) is 13.3 Å². The molecule has 24 heavy (non-hydrogen) atoms. The lowest BCUT2D eigenvalue weighted by atomic mass is 10.1. The number of amides is 1. The van der Waals surface area contributed by atoms with Gasteiger partial charge in [-0.15, -0.1) is 0 Å². The Hall–Kier alpha value is -1.69. The number of carbonyl (C=O) groups excluding carboxylic acids is 1. The number of thiazole rings is 1. The number of aromatic nitrogens is 1. The largest absolute Gasteiger partial charge is 0.288 e. The molecule has 3 nitrogen and oxygen atoms in total. The van der Waals surface area contributed by atoms with Crippen LogP contribution in [0.25, 0.3) is 10.2 Å². The molecule has 0 unspecified atom stereocenters. The van der Waals surface area contributed by atoms with Gasteiger partial charge in [-0.05, 0) is 37.3 Å². The number of likely N-dealkylation sites (N-methyl/N-ethyl adjacent to an activating group) is 1. The molecule has 0 spiro atoms. The molecule has 1 aromatic heterocycles. The van der Waals surface area contributed by atoms with Gasteiger partial charge in [0.1, 0.15) is 5.82 Å². The second kappa shape index (κ2) is 7.05. The molecule has 124 valence electrons. The van der Waals surface area contributed by atoms with Crippen molar-refractivity contribution in [2.24, 2.45) is 0 Å². The predicted molar refractivity (Wildman–Crippen MR) is 97.8 cm³/mol. The minimum atomic E-state index is -0.483. The van der Waals surface area contributed by atoms with Crippen molar-refractivity contribution in [3.63, 3.8) is 0 Å². The molecule has 0 bridgehead atoms. The summed E-state index contributed by atoms with van der Waals surface area (Å²) in [5.41, 5.74) is 0.935. The third kappa shape index (κ3) is 3.38. The molecule has 0 saturated heterocycles. The highest BCUT2D eigenvalue weighted by atomic mass is 35.5. The quantitative estimate of drug-likeness (QED) is 0.610. The zero-order chi connectivity index (χ0) is 17.3. The third-order valence-corrected chi connectivity index (χ3v) is 5.22. The summed E-state index contributed by atoms with van der Waals surface area (Å²) in [6.45, 7) is 2.28. The molecule has 1 heterocycles. The van der Waals surface area contributed by atoms with Gasteiger partial charge in [0.2, 0.25) is 5.91 Å². The fourth-order valence-corrected chi connectivity index (χ4v) is 3.79. The van der Waals surface area contributed by atoms with Crippen LogP contribution in [0.2, 0.25) is 10.0 Å². The van der Waals surface area contributed by atoms with E-state index < -0.39 is 5.82 Å². The second-order valence-electron chi connectivity index (χ2n) is 5.12. The smallest absolute Gasteiger partial charge is 0.233 e. The fraction of sp³-hybridized carbons (Fsp3) is 0.176. The van der Waals surface area contributed by atoms with Crippen molar-refractivity contribution >= 4 is 55.8 Å². The Labute approximate surface area is 152 Å². The van der Waals surface area contributed by atoms with E-state index in [9.17, 15) is 9.18 Å². The van der Waals surface area contributed by atoms with Crippen LogP contribution in [0.3, 0.4) is 0 Å². The lowest BCUT2D eigenvalue weighted by molar-refractivity contribution is -0.118. The Morgan fingerprint density at radius 2 is 2.08 bits per heavy atom. The van der Waals surface area contributed by atoms with Crippen LogP contribution in [-0.2, 0) is 11.2 Å². The number of carbonyl (C=O) groups is 1. The van der Waals surface area contributed by atoms with Crippen LogP contribution in [0.15, 0.2) is 36.4 Å². The highest BCUT2D eigenvalue weighted by molar-refractivity contribution is 7.22. The summed E-state index contributed by atoms with van der Waals surface area (Å²) in [5.74, 6) is -0.738. The number of anilines is 1. The number of rotatable bonds is 4. The maximum absolute atomic E-state index is 13.9. The summed E-state index contributed by atoms with van der Waals surface area (Å²) in [6.07, 6.45) is -0.115. The highest BCUT2D eigenvalue weighted by Gasteiger charge is 2.21. The van der Waals surface area contributed by atoms with Crippen LogP contribution in [-0.4, -0.2) is 17.4 Å². The van der Waals surface area contributed by atoms with Gasteiger partial charge in [0, 0.05) is 22.2 Å². The average molecular weight is 383 g/mol. The predicted octanol–water partition coefficient (Wildman–Crippen LogP) is 5.34. The van der Waals surface area contributed by atoms with E-state index in [1.807, 2.05) is 13.0 Å². The molecule has 0 aliphatic carbocycles. The SMILES string of the molecule is CCN(C(=O)Cc1c(F)cccc1Cl)c1nc2cc(Cl)ccc2s1. The molecule has 0 N–H and O–H groups in total. The molecule has 0 aliphatic rings. The molecule has 0 fully saturated rings. The summed E-state index contributed by atoms with van der Waals surface area (Å²) in [5, 5.41) is 1.40. The van der Waals surface area contributed by atoms with E-state index in [1.165, 1.54) is 28.4 Å². The van der Waals surface area contributed by atoms with E-state index in [0.717, 1.165) is 10.2 Å². The third-order valence-electron chi connectivity index (χ3n) is 3.58. The van der Waals surface area contributed by atoms with E-state index in [2.05, 4.69) is 4.98 Å². The Morgan fingerprint density at radius 1 is 1.29 bits per heavy atom. The number of halogens is 3. The standard InChI is InChI=1S/C17H13Cl2FN2OS/c1-2-22(16(23)9-11-12(19)4-3-5-13(11)20)17-21-14-8-10(18)6-7-15(14)24-17/h3-8H,2,9H2,1H3. The van der Waals surface area contributed by atoms with E-state index in [-0.39, 0.29) is 22.9 Å². The van der Waals surface area contributed by atoms with Crippen molar-refractivity contribution in [3.8, 4) is 0 Å². The zero-order valence-electron chi connectivity index (χ0n) is 12.7. The first-order valence-electron chi connectivity index (χ1n) is 7.29. The minimum absolute atomic E-state index is 0.115. The van der Waals surface area contributed by atoms with Gasteiger partial charge < -0.3 is 0 Å². The van der Waals surface area contributed by atoms with Crippen LogP contribution < -0.4 is 4.90 Å². The van der Waals surface area contributed by atoms with Crippen LogP contribution in [0, 0.1) is 5.82 Å². The van der Waals surface area contributed by atoms with Gasteiger partial charge >= 0.3 is 0 Å². The van der Waals surface area contributed by atoms with E-state index in [0.29, 0.717) is 16.7 Å². The van der Waals surface area contributed by atoms with Crippen molar-refractivity contribution in [1.29, 1.82) is 0 Å². The van der Waals surface area contributed by atoms with Gasteiger partial charge in [-0.2, -0.15) is 0 Å². The lowest BCUT2D eigenvalue weighted by Crippen LogP contribution is -2.32. The highest BCUT2D eigenvalue weighted by Crippen LogP contribution is 2.31. The van der Waals surface area contributed by atoms with Gasteiger partial charge in [0.15, 0.2) is 5.13 Å². The van der Waals surface area contributed by atoms with E-state index in [4.69, 9.17) is 23.2 Å². The van der Waals surface area contributed by atoms with Gasteiger partial charge in [0.05, 0.1) is 16.6 Å². The molecule has 0 saturated carbocycles. The van der Waals surface area contributed by atoms with Gasteiger partial charge in [-0.1, -0.05) is 40.6 Å². The molecule has 0 atom stereocenters. The maximum atomic E-state index is 13.9. The Balaban J connectivity index is 1.90. The van der Waals surface area contributed by atoms with Crippen molar-refractivity contribution in [3.05, 3.63) is 57.8 Å². The summed E-state index contributed by atoms with van der Waals surface area (Å²) < 4.78 is 14.8. The monoisotopic (exact) mass is 382 g/mol. The van der Waals surface area contributed by atoms with Crippen LogP contribution >= 0.6 is 34.5 Å². The average Bonchev–Trinajstić information content (AvgIpc) is 2.94. The molecule has 0 aliphatic heterocycles. The molecular formula is C17H13Cl2FN2OS. The first-order valence-corrected chi connectivity index (χ1v) is 8.86. The Morgan fingerprint density at radius 3 is 2.79 bits per heavy atom. The topological polar surface area (TPSA) is 33.2 Å². The van der Waals surface area contributed by atoms with Gasteiger partial charge in [-0.25, -0.2) is 9.37 Å². The Bertz CT molecular complexity index is 892. The zero-order valence-corrected chi connectivity index (χ0v) is 15.1. The number of fused-ring (bicyclic) bond motifs is 1. The van der Waals surface area contributed by atoms with Gasteiger partial charge in [-0.3, -0.25) is 9.69 Å². The van der Waals surface area contributed by atoms with Crippen molar-refractivity contribution < 1.29 is 9.18 Å². The van der Waals surface area contributed by atoms with Gasteiger partial charge in [0.25, 0.3) is 0 Å². The molecule has 3 aromatic rings. The number of hydrogen-bond donors (Lipinski definition) is 0. The number of nitrogens with zero attached hydrogens (tertiary/aromatic N) is 2. The molecule has 1 amide bonds. The van der Waals surface area contributed by atoms with Crippen LogP contribution in [0.5, 0.6) is 0 Å². The van der Waals surface area contributed by atoms with Crippen molar-refractivity contribution in [2.75, 3.05) is 11.4 Å². The summed E-state index contributed by atoms with van der Waals surface area (Å²) >= 11 is 13.4. The maximum Gasteiger partial charge on any atom is 0.233 e. The second-order valence-corrected chi connectivity index (χ2v) is 6.98. The molecular weight excluding hydrogens is 370 g/mol. The first-order chi connectivity index (χ1) is 11.5. The fourth-order valence-electron chi connectivity index (χ4n) is 2.37. The number of hydrogen-bond acceptors (Lipinski definition) is 3. The normalized spacial score (nSPS) is 11.0. The summed E-state index contributed by atoms with van der Waals surface area (Å²) in [7, 11) is 0. The number of benzene rings is 2. The van der Waals surface area contributed by atoms with Crippen LogP contribution in [0.4, 0.5) is 9.52 Å². The lowest BCUT2D eigenvalue weighted by Gasteiger charge is -2.18.